The maximum atomic E-state index is 6.40. The molecule has 11 aromatic rings. The Bertz CT molecular complexity index is 3310. The van der Waals surface area contributed by atoms with Crippen LogP contribution >= 0.6 is 0 Å². The molecule has 5 heterocycles. The summed E-state index contributed by atoms with van der Waals surface area (Å²) in [7, 11) is 0. The summed E-state index contributed by atoms with van der Waals surface area (Å²) < 4.78 is 8.28. The van der Waals surface area contributed by atoms with E-state index in [1.807, 2.05) is 120 Å². The smallest absolute Gasteiger partial charge is 0.216 e. The molecule has 317 valence electrons. The van der Waals surface area contributed by atoms with Crippen LogP contribution in [-0.4, -0.2) is 29.7 Å². The van der Waals surface area contributed by atoms with Crippen LogP contribution in [0.5, 0.6) is 0 Å². The van der Waals surface area contributed by atoms with Gasteiger partial charge in [0.15, 0.2) is 5.82 Å². The number of aromatic nitrogens is 6. The topological polar surface area (TPSA) is 82.5 Å². The number of furan rings is 1. The minimum atomic E-state index is 0. The number of fused-ring (bicyclic) bond motifs is 4. The van der Waals surface area contributed by atoms with Crippen molar-refractivity contribution in [1.82, 2.24) is 29.7 Å². The van der Waals surface area contributed by atoms with Crippen LogP contribution in [0.25, 0.3) is 94.9 Å². The molecule has 5 aromatic heterocycles. The number of para-hydroxylation sites is 1. The molecule has 65 heavy (non-hydrogen) atoms. The van der Waals surface area contributed by atoms with Crippen LogP contribution in [0.15, 0.2) is 193 Å². The number of nitrogens with zero attached hydrogens (tertiary/aromatic N) is 6. The van der Waals surface area contributed by atoms with Crippen molar-refractivity contribution in [2.45, 2.75) is 38.0 Å². The zero-order valence-corrected chi connectivity index (χ0v) is 37.8. The van der Waals surface area contributed by atoms with Crippen molar-refractivity contribution in [3.05, 3.63) is 206 Å². The summed E-state index contributed by atoms with van der Waals surface area (Å²) in [5, 5.41) is 8.55. The van der Waals surface area contributed by atoms with Crippen molar-refractivity contribution in [1.29, 1.82) is 0 Å². The molecular weight excluding hydrogens is 977 g/mol. The van der Waals surface area contributed by atoms with Gasteiger partial charge in [0, 0.05) is 54.6 Å². The summed E-state index contributed by atoms with van der Waals surface area (Å²) >= 11 is 0. The second-order valence-electron chi connectivity index (χ2n) is 16.2. The SMILES string of the molecule is [Ir].[c-]1ccc2c(oc3nc(-c4nc(-c5ccccc5)cc(-c5ccccc5)n4)ccc32)c1-c1cc2ccccc2cn1.[c-]1ccccc1-n1cc(-c2ccc(C3CCCCC3)cc2)cn1. The van der Waals surface area contributed by atoms with Crippen molar-refractivity contribution in [2.24, 2.45) is 0 Å². The van der Waals surface area contributed by atoms with E-state index in [1.165, 1.54) is 43.2 Å². The molecule has 0 saturated heterocycles. The van der Waals surface area contributed by atoms with Crippen molar-refractivity contribution < 1.29 is 24.5 Å². The van der Waals surface area contributed by atoms with E-state index in [2.05, 4.69) is 90.2 Å². The first kappa shape index (κ1) is 41.6. The molecule has 0 atom stereocenters. The number of hydrogen-bond acceptors (Lipinski definition) is 6. The van der Waals surface area contributed by atoms with Gasteiger partial charge >= 0.3 is 0 Å². The van der Waals surface area contributed by atoms with Gasteiger partial charge in [0.2, 0.25) is 5.71 Å². The largest absolute Gasteiger partial charge is 0.486 e. The fourth-order valence-corrected chi connectivity index (χ4v) is 8.75. The summed E-state index contributed by atoms with van der Waals surface area (Å²) in [4.78, 5) is 19.5. The van der Waals surface area contributed by atoms with Crippen molar-refractivity contribution in [3.63, 3.8) is 0 Å². The average molecular weight is 1020 g/mol. The van der Waals surface area contributed by atoms with E-state index in [0.717, 1.165) is 72.5 Å². The van der Waals surface area contributed by atoms with Gasteiger partial charge in [-0.1, -0.05) is 145 Å². The Labute approximate surface area is 391 Å². The normalized spacial score (nSPS) is 12.7. The minimum absolute atomic E-state index is 0. The third kappa shape index (κ3) is 8.79. The summed E-state index contributed by atoms with van der Waals surface area (Å²) in [6.45, 7) is 0. The van der Waals surface area contributed by atoms with Crippen LogP contribution < -0.4 is 0 Å². The molecule has 0 amide bonds. The third-order valence-corrected chi connectivity index (χ3v) is 12.1. The quantitative estimate of drug-likeness (QED) is 0.148. The number of pyridine rings is 2. The third-order valence-electron chi connectivity index (χ3n) is 12.1. The van der Waals surface area contributed by atoms with Crippen molar-refractivity contribution in [3.8, 4) is 62.1 Å². The van der Waals surface area contributed by atoms with E-state index >= 15 is 0 Å². The molecule has 0 unspecified atom stereocenters. The fourth-order valence-electron chi connectivity index (χ4n) is 8.75. The molecule has 7 nitrogen and oxygen atoms in total. The molecular formula is C57H42IrN6O-2. The monoisotopic (exact) mass is 1020 g/mol. The Morgan fingerprint density at radius 3 is 1.95 bits per heavy atom. The Morgan fingerprint density at radius 1 is 0.523 bits per heavy atom. The Balaban J connectivity index is 0.000000176. The van der Waals surface area contributed by atoms with E-state index in [1.54, 1.807) is 0 Å². The first-order chi connectivity index (χ1) is 31.7. The second-order valence-corrected chi connectivity index (χ2v) is 16.2. The van der Waals surface area contributed by atoms with Gasteiger partial charge in [-0.05, 0) is 70.2 Å². The van der Waals surface area contributed by atoms with E-state index in [9.17, 15) is 0 Å². The molecule has 8 heteroatoms. The van der Waals surface area contributed by atoms with Crippen LogP contribution in [0.1, 0.15) is 43.6 Å². The molecule has 1 aliphatic rings. The fraction of sp³-hybridized carbons (Fsp3) is 0.105. The molecule has 6 aromatic carbocycles. The zero-order valence-electron chi connectivity index (χ0n) is 35.4. The maximum Gasteiger partial charge on any atom is 0.216 e. The molecule has 1 aliphatic carbocycles. The molecule has 1 radical (unpaired) electrons. The van der Waals surface area contributed by atoms with Gasteiger partial charge in [-0.3, -0.25) is 4.68 Å². The van der Waals surface area contributed by atoms with E-state index in [-0.39, 0.29) is 20.1 Å². The Morgan fingerprint density at radius 2 is 1.23 bits per heavy atom. The van der Waals surface area contributed by atoms with Gasteiger partial charge in [0.05, 0.1) is 23.2 Å². The average Bonchev–Trinajstić information content (AvgIpc) is 4.03. The minimum Gasteiger partial charge on any atom is -0.486 e. The van der Waals surface area contributed by atoms with Crippen LogP contribution in [0.2, 0.25) is 0 Å². The zero-order chi connectivity index (χ0) is 42.7. The molecule has 0 aliphatic heterocycles. The van der Waals surface area contributed by atoms with Crippen molar-refractivity contribution >= 4 is 32.8 Å². The van der Waals surface area contributed by atoms with E-state index < -0.39 is 0 Å². The van der Waals surface area contributed by atoms with E-state index in [0.29, 0.717) is 22.8 Å². The number of rotatable bonds is 7. The molecule has 1 saturated carbocycles. The van der Waals surface area contributed by atoms with Crippen LogP contribution in [0.3, 0.4) is 0 Å². The Hall–Kier alpha value is -7.38. The molecule has 0 bridgehead atoms. The van der Waals surface area contributed by atoms with Gasteiger partial charge in [-0.25, -0.2) is 15.0 Å². The summed E-state index contributed by atoms with van der Waals surface area (Å²) in [5.74, 6) is 1.30. The predicted molar refractivity (Wildman–Crippen MR) is 257 cm³/mol. The standard InChI is InChI=1S/C36H21N4O.C21H21N2.Ir/c1-3-10-23(11-4-1)31-21-32(24-12-5-2-6-13-24)39-35(38-31)30-19-18-28-27-16-9-17-29(34(27)41-36(28)40-30)33-20-25-14-7-8-15-26(25)22-37-33;1-3-7-17(8-4-1)18-11-13-19(14-12-18)20-15-22-23(16-20)21-9-5-2-6-10-21;/h1-16,18-22H;2,5-6,9,11-17H,1,3-4,7-8H2;/q2*-1;. The maximum absolute atomic E-state index is 6.40. The van der Waals surface area contributed by atoms with E-state index in [4.69, 9.17) is 24.4 Å². The van der Waals surface area contributed by atoms with Crippen molar-refractivity contribution in [2.75, 3.05) is 0 Å². The van der Waals surface area contributed by atoms with Gasteiger partial charge in [-0.2, -0.15) is 29.4 Å². The number of benzene rings is 6. The molecule has 0 N–H and O–H groups in total. The summed E-state index contributed by atoms with van der Waals surface area (Å²) in [5.41, 5.74) is 12.0. The van der Waals surface area contributed by atoms with Gasteiger partial charge in [-0.15, -0.1) is 24.3 Å². The first-order valence-electron chi connectivity index (χ1n) is 21.9. The number of hydrogen-bond donors (Lipinski definition) is 0. The molecule has 1 fully saturated rings. The van der Waals surface area contributed by atoms with Crippen LogP contribution in [0, 0.1) is 12.1 Å². The Kier molecular flexibility index (Phi) is 12.0. The van der Waals surface area contributed by atoms with Crippen LogP contribution in [-0.2, 0) is 20.1 Å². The second kappa shape index (κ2) is 18.8. The molecule has 12 rings (SSSR count). The van der Waals surface area contributed by atoms with Gasteiger partial charge < -0.3 is 9.40 Å². The molecule has 0 spiro atoms. The van der Waals surface area contributed by atoms with Gasteiger partial charge in [0.1, 0.15) is 5.69 Å². The van der Waals surface area contributed by atoms with Crippen LogP contribution in [0.4, 0.5) is 0 Å². The predicted octanol–water partition coefficient (Wildman–Crippen LogP) is 14.2. The first-order valence-corrected chi connectivity index (χ1v) is 21.9. The summed E-state index contributed by atoms with van der Waals surface area (Å²) in [6, 6.07) is 64.0. The summed E-state index contributed by atoms with van der Waals surface area (Å²) in [6.07, 6.45) is 12.8. The van der Waals surface area contributed by atoms with Gasteiger partial charge in [0.25, 0.3) is 0 Å².